The molecule has 1 heterocycles. The van der Waals surface area contributed by atoms with Gasteiger partial charge in [-0.25, -0.2) is 8.42 Å². The molecule has 0 saturated carbocycles. The Bertz CT molecular complexity index is 507. The molecule has 0 radical (unpaired) electrons. The van der Waals surface area contributed by atoms with Gasteiger partial charge in [-0.05, 0) is 39.5 Å². The quantitative estimate of drug-likeness (QED) is 0.341. The first-order chi connectivity index (χ1) is 11.0. The van der Waals surface area contributed by atoms with Crippen LogP contribution in [0, 0.1) is 5.92 Å². The summed E-state index contributed by atoms with van der Waals surface area (Å²) < 4.78 is 23.5. The first-order valence-electron chi connectivity index (χ1n) is 8.97. The van der Waals surface area contributed by atoms with Gasteiger partial charge in [0.25, 0.3) is 0 Å². The van der Waals surface area contributed by atoms with E-state index in [0.29, 0.717) is 24.5 Å². The molecule has 0 atom stereocenters. The van der Waals surface area contributed by atoms with Gasteiger partial charge in [0, 0.05) is 39.3 Å². The smallest absolute Gasteiger partial charge is 0.191 e. The van der Waals surface area contributed by atoms with E-state index in [9.17, 15) is 8.42 Å². The molecule has 0 bridgehead atoms. The Kier molecular flexibility index (Phi) is 10.9. The first-order valence-corrected chi connectivity index (χ1v) is 10.6. The van der Waals surface area contributed by atoms with Gasteiger partial charge < -0.3 is 15.5 Å². The maximum Gasteiger partial charge on any atom is 0.191 e. The zero-order chi connectivity index (χ0) is 18.4. The van der Waals surface area contributed by atoms with Crippen LogP contribution in [-0.2, 0) is 9.84 Å². The van der Waals surface area contributed by atoms with Crippen molar-refractivity contribution in [3.8, 4) is 0 Å². The van der Waals surface area contributed by atoms with Crippen molar-refractivity contribution in [2.75, 3.05) is 39.0 Å². The second-order valence-corrected chi connectivity index (χ2v) is 10.9. The molecule has 2 N–H and O–H groups in total. The number of nitrogens with one attached hydrogen (secondary N) is 2. The van der Waals surface area contributed by atoms with Gasteiger partial charge in [-0.15, -0.1) is 24.0 Å². The Morgan fingerprint density at radius 1 is 1.24 bits per heavy atom. The van der Waals surface area contributed by atoms with Crippen LogP contribution >= 0.6 is 24.0 Å². The summed E-state index contributed by atoms with van der Waals surface area (Å²) >= 11 is 0. The average molecular weight is 488 g/mol. The van der Waals surface area contributed by atoms with E-state index in [4.69, 9.17) is 0 Å². The molecule has 8 heteroatoms. The fraction of sp³-hybridized carbons (Fsp3) is 0.941. The molecule has 0 amide bonds. The molecule has 6 nitrogen and oxygen atoms in total. The SMILES string of the molecule is CN=C(NCCS(=O)(=O)C(C)(C)C)NC1CCN(CC(C)C)CC1.I. The van der Waals surface area contributed by atoms with E-state index in [-0.39, 0.29) is 29.7 Å². The zero-order valence-corrected chi connectivity index (χ0v) is 19.8. The normalized spacial score (nSPS) is 18.1. The van der Waals surface area contributed by atoms with Crippen molar-refractivity contribution in [1.29, 1.82) is 0 Å². The van der Waals surface area contributed by atoms with Crippen LogP contribution in [0.2, 0.25) is 0 Å². The lowest BCUT2D eigenvalue weighted by Gasteiger charge is -2.34. The Morgan fingerprint density at radius 2 is 1.80 bits per heavy atom. The maximum absolute atomic E-state index is 12.1. The second-order valence-electron chi connectivity index (χ2n) is 8.04. The van der Waals surface area contributed by atoms with E-state index < -0.39 is 14.6 Å². The van der Waals surface area contributed by atoms with E-state index in [1.807, 2.05) is 0 Å². The molecule has 25 heavy (non-hydrogen) atoms. The molecule has 1 saturated heterocycles. The Morgan fingerprint density at radius 3 is 2.24 bits per heavy atom. The van der Waals surface area contributed by atoms with Crippen molar-refractivity contribution in [2.45, 2.75) is 58.2 Å². The van der Waals surface area contributed by atoms with Gasteiger partial charge in [0.15, 0.2) is 15.8 Å². The Labute approximate surface area is 171 Å². The summed E-state index contributed by atoms with van der Waals surface area (Å²) in [4.78, 5) is 6.73. The highest BCUT2D eigenvalue weighted by atomic mass is 127. The van der Waals surface area contributed by atoms with Crippen LogP contribution in [-0.4, -0.2) is 69.0 Å². The van der Waals surface area contributed by atoms with Crippen LogP contribution in [0.5, 0.6) is 0 Å². The molecule has 0 aromatic heterocycles. The number of likely N-dealkylation sites (tertiary alicyclic amines) is 1. The number of halogens is 1. The van der Waals surface area contributed by atoms with E-state index in [1.165, 1.54) is 0 Å². The van der Waals surface area contributed by atoms with Gasteiger partial charge in [-0.2, -0.15) is 0 Å². The molecular weight excluding hydrogens is 451 g/mol. The number of rotatable bonds is 6. The molecule has 0 aromatic carbocycles. The Balaban J connectivity index is 0.00000576. The van der Waals surface area contributed by atoms with Crippen LogP contribution in [0.15, 0.2) is 4.99 Å². The number of hydrogen-bond donors (Lipinski definition) is 2. The summed E-state index contributed by atoms with van der Waals surface area (Å²) in [6, 6.07) is 0.402. The van der Waals surface area contributed by atoms with Crippen LogP contribution in [0.4, 0.5) is 0 Å². The summed E-state index contributed by atoms with van der Waals surface area (Å²) in [6.45, 7) is 13.5. The van der Waals surface area contributed by atoms with Crippen molar-refractivity contribution >= 4 is 39.8 Å². The first kappa shape index (κ1) is 24.9. The molecule has 0 aliphatic carbocycles. The summed E-state index contributed by atoms with van der Waals surface area (Å²) in [5.74, 6) is 1.51. The minimum atomic E-state index is -3.11. The van der Waals surface area contributed by atoms with Crippen LogP contribution in [0.3, 0.4) is 0 Å². The lowest BCUT2D eigenvalue weighted by molar-refractivity contribution is 0.187. The molecule has 0 aromatic rings. The molecule has 150 valence electrons. The van der Waals surface area contributed by atoms with Crippen molar-refractivity contribution in [3.05, 3.63) is 0 Å². The van der Waals surface area contributed by atoms with Crippen LogP contribution in [0.25, 0.3) is 0 Å². The third-order valence-electron chi connectivity index (χ3n) is 4.37. The van der Waals surface area contributed by atoms with Crippen molar-refractivity contribution in [3.63, 3.8) is 0 Å². The summed E-state index contributed by atoms with van der Waals surface area (Å²) in [6.07, 6.45) is 2.18. The van der Waals surface area contributed by atoms with Crippen molar-refractivity contribution in [1.82, 2.24) is 15.5 Å². The van der Waals surface area contributed by atoms with Crippen molar-refractivity contribution in [2.24, 2.45) is 10.9 Å². The highest BCUT2D eigenvalue weighted by molar-refractivity contribution is 14.0. The van der Waals surface area contributed by atoms with Gasteiger partial charge in [0.05, 0.1) is 10.5 Å². The van der Waals surface area contributed by atoms with Crippen LogP contribution in [0.1, 0.15) is 47.5 Å². The number of hydrogen-bond acceptors (Lipinski definition) is 4. The highest BCUT2D eigenvalue weighted by Gasteiger charge is 2.28. The molecule has 1 rings (SSSR count). The van der Waals surface area contributed by atoms with E-state index >= 15 is 0 Å². The fourth-order valence-electron chi connectivity index (χ4n) is 2.77. The predicted octanol–water partition coefficient (Wildman–Crippen LogP) is 2.10. The Hall–Kier alpha value is -0.0900. The topological polar surface area (TPSA) is 73.8 Å². The van der Waals surface area contributed by atoms with E-state index in [1.54, 1.807) is 27.8 Å². The molecule has 1 fully saturated rings. The lowest BCUT2D eigenvalue weighted by atomic mass is 10.0. The number of nitrogens with zero attached hydrogens (tertiary/aromatic N) is 2. The van der Waals surface area contributed by atoms with Gasteiger partial charge in [0.1, 0.15) is 0 Å². The monoisotopic (exact) mass is 488 g/mol. The molecule has 1 aliphatic rings. The van der Waals surface area contributed by atoms with Crippen LogP contribution < -0.4 is 10.6 Å². The van der Waals surface area contributed by atoms with E-state index in [2.05, 4.69) is 34.4 Å². The van der Waals surface area contributed by atoms with Gasteiger partial charge >= 0.3 is 0 Å². The molecular formula is C17H37IN4O2S. The zero-order valence-electron chi connectivity index (χ0n) is 16.6. The minimum Gasteiger partial charge on any atom is -0.355 e. The standard InChI is InChI=1S/C17H36N4O2S.HI/c1-14(2)13-21-10-7-15(8-11-21)20-16(18-6)19-9-12-24(22,23)17(3,4)5;/h14-15H,7-13H2,1-6H3,(H2,18,19,20);1H. The van der Waals surface area contributed by atoms with Gasteiger partial charge in [-0.1, -0.05) is 13.8 Å². The van der Waals surface area contributed by atoms with Gasteiger partial charge in [0.2, 0.25) is 0 Å². The third-order valence-corrected chi connectivity index (χ3v) is 6.98. The maximum atomic E-state index is 12.1. The lowest BCUT2D eigenvalue weighted by Crippen LogP contribution is -2.50. The summed E-state index contributed by atoms with van der Waals surface area (Å²) in [5, 5.41) is 6.56. The number of sulfone groups is 1. The minimum absolute atomic E-state index is 0. The summed E-state index contributed by atoms with van der Waals surface area (Å²) in [7, 11) is -1.38. The molecule has 1 aliphatic heterocycles. The molecule has 0 unspecified atom stereocenters. The highest BCUT2D eigenvalue weighted by Crippen LogP contribution is 2.15. The third kappa shape index (κ3) is 8.90. The van der Waals surface area contributed by atoms with Crippen molar-refractivity contribution < 1.29 is 8.42 Å². The number of aliphatic imine (C=N–C) groups is 1. The number of piperidine rings is 1. The predicted molar refractivity (Wildman–Crippen MR) is 118 cm³/mol. The average Bonchev–Trinajstić information content (AvgIpc) is 2.46. The summed E-state index contributed by atoms with van der Waals surface area (Å²) in [5.41, 5.74) is 0. The fourth-order valence-corrected chi connectivity index (χ4v) is 3.76. The second kappa shape index (κ2) is 10.9. The van der Waals surface area contributed by atoms with Gasteiger partial charge in [-0.3, -0.25) is 4.99 Å². The largest absolute Gasteiger partial charge is 0.355 e. The van der Waals surface area contributed by atoms with E-state index in [0.717, 1.165) is 32.5 Å². The molecule has 0 spiro atoms. The number of guanidine groups is 1.